The molecule has 3 aliphatic rings. The van der Waals surface area contributed by atoms with E-state index in [1.165, 1.54) is 64.2 Å². The summed E-state index contributed by atoms with van der Waals surface area (Å²) in [5.41, 5.74) is 3.06. The van der Waals surface area contributed by atoms with Crippen LogP contribution >= 0.6 is 0 Å². The van der Waals surface area contributed by atoms with Gasteiger partial charge < -0.3 is 9.80 Å². The maximum absolute atomic E-state index is 13.9. The average Bonchev–Trinajstić information content (AvgIpc) is 2.96. The van der Waals surface area contributed by atoms with Gasteiger partial charge in [0.1, 0.15) is 0 Å². The summed E-state index contributed by atoms with van der Waals surface area (Å²) in [6.07, 6.45) is 17.0. The van der Waals surface area contributed by atoms with Gasteiger partial charge in [-0.15, -0.1) is 0 Å². The fraction of sp³-hybridized carbons (Fsp3) is 0.588. The summed E-state index contributed by atoms with van der Waals surface area (Å²) in [6, 6.07) is 18.5. The molecule has 0 N–H and O–H groups in total. The van der Waals surface area contributed by atoms with Crippen molar-refractivity contribution in [2.75, 3.05) is 9.80 Å². The minimum atomic E-state index is -0.0650. The molecule has 2 saturated carbocycles. The summed E-state index contributed by atoms with van der Waals surface area (Å²) in [5, 5.41) is 0. The Morgan fingerprint density at radius 1 is 0.763 bits per heavy atom. The van der Waals surface area contributed by atoms with Crippen molar-refractivity contribution in [3.8, 4) is 0 Å². The highest BCUT2D eigenvalue weighted by Gasteiger charge is 2.38. The lowest BCUT2D eigenvalue weighted by atomic mass is 9.85. The molecule has 0 spiro atoms. The van der Waals surface area contributed by atoms with Gasteiger partial charge in [0, 0.05) is 30.3 Å². The molecule has 0 saturated heterocycles. The number of anilines is 2. The lowest BCUT2D eigenvalue weighted by Crippen LogP contribution is -2.48. The van der Waals surface area contributed by atoms with Gasteiger partial charge >= 0.3 is 0 Å². The third-order valence-electron chi connectivity index (χ3n) is 9.43. The highest BCUT2D eigenvalue weighted by molar-refractivity contribution is 5.98. The highest BCUT2D eigenvalue weighted by atomic mass is 16.2. The van der Waals surface area contributed by atoms with E-state index in [1.54, 1.807) is 0 Å². The molecule has 2 amide bonds. The predicted octanol–water partition coefficient (Wildman–Crippen LogP) is 8.61. The fourth-order valence-electron chi connectivity index (χ4n) is 7.34. The van der Waals surface area contributed by atoms with Crippen molar-refractivity contribution in [1.29, 1.82) is 0 Å². The number of carbonyl (C=O) groups excluding carboxylic acids is 2. The minimum absolute atomic E-state index is 0.0473. The summed E-state index contributed by atoms with van der Waals surface area (Å²) < 4.78 is 0. The third-order valence-corrected chi connectivity index (χ3v) is 9.43. The quantitative estimate of drug-likeness (QED) is 0.354. The first-order valence-electron chi connectivity index (χ1n) is 15.4. The van der Waals surface area contributed by atoms with E-state index < -0.39 is 0 Å². The summed E-state index contributed by atoms with van der Waals surface area (Å²) >= 11 is 0. The van der Waals surface area contributed by atoms with Crippen molar-refractivity contribution in [3.63, 3.8) is 0 Å². The van der Waals surface area contributed by atoms with Crippen LogP contribution in [0.2, 0.25) is 0 Å². The molecule has 1 aliphatic heterocycles. The van der Waals surface area contributed by atoms with Crippen LogP contribution in [0.3, 0.4) is 0 Å². The van der Waals surface area contributed by atoms with Crippen molar-refractivity contribution >= 4 is 23.2 Å². The summed E-state index contributed by atoms with van der Waals surface area (Å²) in [6.45, 7) is 2.16. The van der Waals surface area contributed by atoms with Crippen LogP contribution in [-0.4, -0.2) is 17.9 Å². The van der Waals surface area contributed by atoms with E-state index in [4.69, 9.17) is 0 Å². The number of amides is 2. The highest BCUT2D eigenvalue weighted by Crippen LogP contribution is 2.43. The number of rotatable bonds is 8. The Balaban J connectivity index is 1.37. The number of hydrogen-bond acceptors (Lipinski definition) is 2. The molecule has 4 heteroatoms. The molecule has 5 rings (SSSR count). The van der Waals surface area contributed by atoms with Crippen LogP contribution in [0.25, 0.3) is 0 Å². The van der Waals surface area contributed by atoms with Crippen LogP contribution in [0.4, 0.5) is 11.4 Å². The number of fused-ring (bicyclic) bond motifs is 1. The van der Waals surface area contributed by atoms with Gasteiger partial charge in [-0.1, -0.05) is 101 Å². The van der Waals surface area contributed by atoms with Gasteiger partial charge in [-0.05, 0) is 61.8 Å². The summed E-state index contributed by atoms with van der Waals surface area (Å²) in [7, 11) is 0. The third kappa shape index (κ3) is 6.33. The zero-order valence-corrected chi connectivity index (χ0v) is 23.3. The standard InChI is InChI=1S/C34H46N2O2/c1-26-25-32(36(29-17-9-4-10-18-29)34(38)24-22-28-15-7-3-8-16-28)30-19-11-12-20-31(30)35(26)33(37)23-21-27-13-5-2-6-14-27/h4,9-12,17-20,26-28,32H,2-3,5-8,13-16,21-25H2,1H3. The van der Waals surface area contributed by atoms with E-state index in [9.17, 15) is 9.59 Å². The second-order valence-electron chi connectivity index (χ2n) is 12.1. The van der Waals surface area contributed by atoms with Crippen molar-refractivity contribution in [2.45, 2.75) is 115 Å². The van der Waals surface area contributed by atoms with E-state index in [0.29, 0.717) is 24.7 Å². The van der Waals surface area contributed by atoms with Crippen LogP contribution in [0, 0.1) is 11.8 Å². The summed E-state index contributed by atoms with van der Waals surface area (Å²) in [5.74, 6) is 1.83. The monoisotopic (exact) mass is 514 g/mol. The molecule has 2 fully saturated rings. The average molecular weight is 515 g/mol. The molecule has 2 aliphatic carbocycles. The first-order chi connectivity index (χ1) is 18.6. The lowest BCUT2D eigenvalue weighted by Gasteiger charge is -2.44. The number of hydrogen-bond donors (Lipinski definition) is 0. The molecular weight excluding hydrogens is 468 g/mol. The van der Waals surface area contributed by atoms with Gasteiger partial charge in [-0.3, -0.25) is 9.59 Å². The maximum atomic E-state index is 13.9. The van der Waals surface area contributed by atoms with Gasteiger partial charge in [0.05, 0.1) is 6.04 Å². The second-order valence-corrected chi connectivity index (χ2v) is 12.1. The molecule has 0 aromatic heterocycles. The van der Waals surface area contributed by atoms with E-state index >= 15 is 0 Å². The maximum Gasteiger partial charge on any atom is 0.227 e. The largest absolute Gasteiger partial charge is 0.309 e. The van der Waals surface area contributed by atoms with Crippen LogP contribution in [0.15, 0.2) is 54.6 Å². The zero-order chi connectivity index (χ0) is 26.3. The number of benzene rings is 2. The van der Waals surface area contributed by atoms with Crippen LogP contribution in [0.1, 0.15) is 115 Å². The molecule has 1 heterocycles. The Labute approximate surface area is 229 Å². The zero-order valence-electron chi connectivity index (χ0n) is 23.3. The van der Waals surface area contributed by atoms with E-state index in [2.05, 4.69) is 42.2 Å². The number of nitrogens with zero attached hydrogens (tertiary/aromatic N) is 2. The van der Waals surface area contributed by atoms with Crippen molar-refractivity contribution in [1.82, 2.24) is 0 Å². The van der Waals surface area contributed by atoms with Crippen molar-refractivity contribution < 1.29 is 9.59 Å². The molecular formula is C34H46N2O2. The molecule has 4 nitrogen and oxygen atoms in total. The molecule has 2 aromatic rings. The van der Waals surface area contributed by atoms with Crippen LogP contribution < -0.4 is 9.80 Å². The van der Waals surface area contributed by atoms with Crippen LogP contribution in [0.5, 0.6) is 0 Å². The fourth-order valence-corrected chi connectivity index (χ4v) is 7.34. The normalized spacial score (nSPS) is 22.6. The van der Waals surface area contributed by atoms with Gasteiger partial charge in [0.2, 0.25) is 11.8 Å². The second kappa shape index (κ2) is 13.0. The van der Waals surface area contributed by atoms with E-state index in [0.717, 1.165) is 36.2 Å². The molecule has 0 bridgehead atoms. The Bertz CT molecular complexity index is 1060. The van der Waals surface area contributed by atoms with Crippen molar-refractivity contribution in [3.05, 3.63) is 60.2 Å². The Kier molecular flexibility index (Phi) is 9.19. The minimum Gasteiger partial charge on any atom is -0.309 e. The van der Waals surface area contributed by atoms with Gasteiger partial charge in [-0.2, -0.15) is 0 Å². The number of para-hydroxylation sites is 2. The SMILES string of the molecule is CC1CC(N(C(=O)CCC2CCCCC2)c2ccccc2)c2ccccc2N1C(=O)CCC1CCCCC1. The Hall–Kier alpha value is -2.62. The number of carbonyl (C=O) groups is 2. The molecule has 2 unspecified atom stereocenters. The first-order valence-corrected chi connectivity index (χ1v) is 15.4. The van der Waals surface area contributed by atoms with E-state index in [-0.39, 0.29) is 23.9 Å². The lowest BCUT2D eigenvalue weighted by molar-refractivity contribution is -0.119. The Morgan fingerprint density at radius 2 is 1.34 bits per heavy atom. The van der Waals surface area contributed by atoms with Gasteiger partial charge in [0.15, 0.2) is 0 Å². The Morgan fingerprint density at radius 3 is 2.00 bits per heavy atom. The molecule has 0 radical (unpaired) electrons. The van der Waals surface area contributed by atoms with E-state index in [1.807, 2.05) is 29.2 Å². The molecule has 38 heavy (non-hydrogen) atoms. The summed E-state index contributed by atoms with van der Waals surface area (Å²) in [4.78, 5) is 31.7. The predicted molar refractivity (Wildman–Crippen MR) is 156 cm³/mol. The van der Waals surface area contributed by atoms with Gasteiger partial charge in [0.25, 0.3) is 0 Å². The molecule has 2 atom stereocenters. The van der Waals surface area contributed by atoms with Crippen molar-refractivity contribution in [2.24, 2.45) is 11.8 Å². The van der Waals surface area contributed by atoms with Gasteiger partial charge in [-0.25, -0.2) is 0 Å². The first kappa shape index (κ1) is 27.0. The van der Waals surface area contributed by atoms with Crippen LogP contribution in [-0.2, 0) is 9.59 Å². The molecule has 204 valence electrons. The topological polar surface area (TPSA) is 40.6 Å². The molecule has 2 aromatic carbocycles. The smallest absolute Gasteiger partial charge is 0.227 e.